The van der Waals surface area contributed by atoms with Crippen molar-refractivity contribution in [2.45, 2.75) is 20.4 Å². The van der Waals surface area contributed by atoms with Crippen LogP contribution in [-0.2, 0) is 13.6 Å². The predicted octanol–water partition coefficient (Wildman–Crippen LogP) is 2.64. The van der Waals surface area contributed by atoms with Crippen LogP contribution in [0.4, 0.5) is 0 Å². The number of fused-ring (bicyclic) bond motifs is 1. The van der Waals surface area contributed by atoms with Crippen molar-refractivity contribution in [2.24, 2.45) is 7.05 Å². The van der Waals surface area contributed by atoms with Crippen LogP contribution in [-0.4, -0.2) is 20.7 Å². The van der Waals surface area contributed by atoms with Crippen LogP contribution in [0.25, 0.3) is 10.2 Å². The van der Waals surface area contributed by atoms with Crippen LogP contribution < -0.4 is 5.32 Å². The van der Waals surface area contributed by atoms with Crippen LogP contribution in [0.3, 0.4) is 0 Å². The summed E-state index contributed by atoms with van der Waals surface area (Å²) in [6.07, 6.45) is 0. The van der Waals surface area contributed by atoms with Crippen LogP contribution in [0, 0.1) is 13.8 Å². The van der Waals surface area contributed by atoms with Gasteiger partial charge in [-0.2, -0.15) is 5.10 Å². The van der Waals surface area contributed by atoms with E-state index < -0.39 is 0 Å². The Labute approximate surface area is 124 Å². The SMILES string of the molecule is Cc1csc(CNC(=O)c2cc3c(C)nn(C)c3s2)n1. The molecule has 0 bridgehead atoms. The maximum atomic E-state index is 12.2. The van der Waals surface area contributed by atoms with E-state index >= 15 is 0 Å². The smallest absolute Gasteiger partial charge is 0.261 e. The first kappa shape index (κ1) is 13.3. The number of thiophene rings is 1. The molecule has 0 atom stereocenters. The largest absolute Gasteiger partial charge is 0.345 e. The van der Waals surface area contributed by atoms with E-state index in [1.165, 1.54) is 11.3 Å². The van der Waals surface area contributed by atoms with Crippen LogP contribution in [0.1, 0.15) is 26.1 Å². The number of aromatic nitrogens is 3. The predicted molar refractivity (Wildman–Crippen MR) is 81.3 cm³/mol. The third-order valence-corrected chi connectivity index (χ3v) is 5.15. The highest BCUT2D eigenvalue weighted by Crippen LogP contribution is 2.27. The minimum atomic E-state index is -0.0570. The van der Waals surface area contributed by atoms with E-state index in [0.29, 0.717) is 11.4 Å². The lowest BCUT2D eigenvalue weighted by molar-refractivity contribution is 0.0955. The molecule has 1 N–H and O–H groups in total. The van der Waals surface area contributed by atoms with E-state index in [1.54, 1.807) is 11.3 Å². The summed E-state index contributed by atoms with van der Waals surface area (Å²) < 4.78 is 1.82. The monoisotopic (exact) mass is 306 g/mol. The van der Waals surface area contributed by atoms with Crippen molar-refractivity contribution in [2.75, 3.05) is 0 Å². The Hall–Kier alpha value is -1.73. The van der Waals surface area contributed by atoms with E-state index in [-0.39, 0.29) is 5.91 Å². The van der Waals surface area contributed by atoms with Gasteiger partial charge >= 0.3 is 0 Å². The summed E-state index contributed by atoms with van der Waals surface area (Å²) in [5.41, 5.74) is 1.94. The zero-order valence-electron chi connectivity index (χ0n) is 11.4. The van der Waals surface area contributed by atoms with Gasteiger partial charge in [-0.15, -0.1) is 22.7 Å². The van der Waals surface area contributed by atoms with E-state index in [2.05, 4.69) is 15.4 Å². The first-order valence-corrected chi connectivity index (χ1v) is 7.86. The van der Waals surface area contributed by atoms with Crippen LogP contribution >= 0.6 is 22.7 Å². The molecule has 0 aliphatic rings. The molecule has 3 aromatic rings. The number of thiazole rings is 1. The second kappa shape index (κ2) is 4.99. The van der Waals surface area contributed by atoms with Crippen LogP contribution in [0.2, 0.25) is 0 Å². The van der Waals surface area contributed by atoms with Gasteiger partial charge in [0.05, 0.1) is 17.1 Å². The summed E-state index contributed by atoms with van der Waals surface area (Å²) in [6, 6.07) is 1.91. The molecule has 0 aliphatic carbocycles. The number of amides is 1. The average Bonchev–Trinajstić information content (AvgIpc) is 3.06. The lowest BCUT2D eigenvalue weighted by Crippen LogP contribution is -2.21. The van der Waals surface area contributed by atoms with Gasteiger partial charge in [0.25, 0.3) is 5.91 Å². The molecule has 0 saturated heterocycles. The third-order valence-electron chi connectivity index (χ3n) is 2.99. The van der Waals surface area contributed by atoms with Gasteiger partial charge < -0.3 is 5.32 Å². The van der Waals surface area contributed by atoms with Gasteiger partial charge in [-0.1, -0.05) is 0 Å². The fourth-order valence-electron chi connectivity index (χ4n) is 2.04. The quantitative estimate of drug-likeness (QED) is 0.809. The highest BCUT2D eigenvalue weighted by Gasteiger charge is 2.15. The number of hydrogen-bond donors (Lipinski definition) is 1. The fraction of sp³-hybridized carbons (Fsp3) is 0.308. The minimum Gasteiger partial charge on any atom is -0.345 e. The molecule has 5 nitrogen and oxygen atoms in total. The Morgan fingerprint density at radius 1 is 1.45 bits per heavy atom. The van der Waals surface area contributed by atoms with Crippen molar-refractivity contribution < 1.29 is 4.79 Å². The van der Waals surface area contributed by atoms with Crippen molar-refractivity contribution in [3.63, 3.8) is 0 Å². The molecule has 0 aliphatic heterocycles. The molecule has 0 spiro atoms. The van der Waals surface area contributed by atoms with E-state index in [1.807, 2.05) is 37.0 Å². The van der Waals surface area contributed by atoms with Crippen LogP contribution in [0.5, 0.6) is 0 Å². The molecule has 0 radical (unpaired) electrons. The Balaban J connectivity index is 1.77. The van der Waals surface area contributed by atoms with Gasteiger partial charge in [-0.3, -0.25) is 9.48 Å². The van der Waals surface area contributed by atoms with E-state index in [4.69, 9.17) is 0 Å². The maximum absolute atomic E-state index is 12.2. The first-order valence-electron chi connectivity index (χ1n) is 6.17. The molecule has 0 saturated carbocycles. The minimum absolute atomic E-state index is 0.0570. The Morgan fingerprint density at radius 3 is 2.90 bits per heavy atom. The van der Waals surface area contributed by atoms with Crippen molar-refractivity contribution in [3.8, 4) is 0 Å². The zero-order chi connectivity index (χ0) is 14.3. The number of carbonyl (C=O) groups is 1. The average molecular weight is 306 g/mol. The fourth-order valence-corrected chi connectivity index (χ4v) is 3.80. The molecular weight excluding hydrogens is 292 g/mol. The topological polar surface area (TPSA) is 59.8 Å². The Bertz CT molecular complexity index is 749. The summed E-state index contributed by atoms with van der Waals surface area (Å²) in [5.74, 6) is -0.0570. The van der Waals surface area contributed by atoms with Crippen molar-refractivity contribution >= 4 is 38.8 Å². The molecule has 3 rings (SSSR count). The highest BCUT2D eigenvalue weighted by molar-refractivity contribution is 7.20. The molecule has 7 heteroatoms. The third kappa shape index (κ3) is 2.34. The van der Waals surface area contributed by atoms with Crippen molar-refractivity contribution in [1.29, 1.82) is 0 Å². The summed E-state index contributed by atoms with van der Waals surface area (Å²) in [4.78, 5) is 18.2. The summed E-state index contributed by atoms with van der Waals surface area (Å²) in [6.45, 7) is 4.38. The molecule has 3 heterocycles. The lowest BCUT2D eigenvalue weighted by atomic mass is 10.3. The van der Waals surface area contributed by atoms with Gasteiger partial charge in [0.15, 0.2) is 0 Å². The van der Waals surface area contributed by atoms with Crippen molar-refractivity contribution in [1.82, 2.24) is 20.1 Å². The molecule has 0 fully saturated rings. The Kier molecular flexibility index (Phi) is 3.31. The summed E-state index contributed by atoms with van der Waals surface area (Å²) >= 11 is 3.03. The Morgan fingerprint density at radius 2 is 2.25 bits per heavy atom. The van der Waals surface area contributed by atoms with Crippen molar-refractivity contribution in [3.05, 3.63) is 32.7 Å². The number of aryl methyl sites for hydroxylation is 3. The van der Waals surface area contributed by atoms with E-state index in [0.717, 1.165) is 26.6 Å². The summed E-state index contributed by atoms with van der Waals surface area (Å²) in [5, 5.41) is 11.2. The molecule has 0 unspecified atom stereocenters. The van der Waals surface area contributed by atoms with E-state index in [9.17, 15) is 4.79 Å². The van der Waals surface area contributed by atoms with Crippen LogP contribution in [0.15, 0.2) is 11.4 Å². The molecule has 20 heavy (non-hydrogen) atoms. The molecular formula is C13H14N4OS2. The number of hydrogen-bond acceptors (Lipinski definition) is 5. The second-order valence-electron chi connectivity index (χ2n) is 4.60. The van der Waals surface area contributed by atoms with Gasteiger partial charge in [0, 0.05) is 23.5 Å². The summed E-state index contributed by atoms with van der Waals surface area (Å²) in [7, 11) is 1.89. The number of nitrogens with one attached hydrogen (secondary N) is 1. The lowest BCUT2D eigenvalue weighted by Gasteiger charge is -2.00. The van der Waals surface area contributed by atoms with Gasteiger partial charge in [-0.25, -0.2) is 4.98 Å². The molecule has 1 amide bonds. The molecule has 0 aromatic carbocycles. The zero-order valence-corrected chi connectivity index (χ0v) is 13.1. The number of rotatable bonds is 3. The normalized spacial score (nSPS) is 11.2. The van der Waals surface area contributed by atoms with Gasteiger partial charge in [0.2, 0.25) is 0 Å². The maximum Gasteiger partial charge on any atom is 0.261 e. The standard InChI is InChI=1S/C13H14N4OS2/c1-7-6-19-11(15-7)5-14-12(18)10-4-9-8(2)16-17(3)13(9)20-10/h4,6H,5H2,1-3H3,(H,14,18). The second-order valence-corrected chi connectivity index (χ2v) is 6.58. The number of nitrogens with zero attached hydrogens (tertiary/aromatic N) is 3. The molecule has 3 aromatic heterocycles. The number of carbonyl (C=O) groups excluding carboxylic acids is 1. The molecule has 104 valence electrons. The highest BCUT2D eigenvalue weighted by atomic mass is 32.1. The van der Waals surface area contributed by atoms with Gasteiger partial charge in [0.1, 0.15) is 9.84 Å². The van der Waals surface area contributed by atoms with Gasteiger partial charge in [-0.05, 0) is 19.9 Å². The first-order chi connectivity index (χ1) is 9.54.